The van der Waals surface area contributed by atoms with E-state index in [1.165, 1.54) is 0 Å². The highest BCUT2D eigenvalue weighted by atomic mass is 35.5. The summed E-state index contributed by atoms with van der Waals surface area (Å²) in [5, 5.41) is 10.5. The number of hydrogen-bond acceptors (Lipinski definition) is 4. The van der Waals surface area contributed by atoms with Gasteiger partial charge in [-0.15, -0.1) is 0 Å². The molecule has 0 spiro atoms. The molecule has 0 aromatic heterocycles. The van der Waals surface area contributed by atoms with E-state index in [2.05, 4.69) is 0 Å². The lowest BCUT2D eigenvalue weighted by atomic mass is 9.87. The smallest absolute Gasteiger partial charge is 0.170 e. The van der Waals surface area contributed by atoms with Crippen molar-refractivity contribution in [1.82, 2.24) is 0 Å². The van der Waals surface area contributed by atoms with Gasteiger partial charge in [0.1, 0.15) is 22.7 Å². The lowest BCUT2D eigenvalue weighted by molar-refractivity contribution is -0.0414. The summed E-state index contributed by atoms with van der Waals surface area (Å²) >= 11 is 6.43. The van der Waals surface area contributed by atoms with Crippen molar-refractivity contribution in [1.29, 1.82) is 0 Å². The summed E-state index contributed by atoms with van der Waals surface area (Å²) in [5.74, 6) is 0.969. The Balaban J connectivity index is 2.16. The van der Waals surface area contributed by atoms with Crippen molar-refractivity contribution in [2.24, 2.45) is 0 Å². The van der Waals surface area contributed by atoms with Crippen LogP contribution in [0, 0.1) is 0 Å². The molecule has 0 saturated carbocycles. The molecule has 3 rings (SSSR count). The second-order valence-corrected chi connectivity index (χ2v) is 7.31. The fraction of sp³-hybridized carbons (Fsp3) is 0.562. The van der Waals surface area contributed by atoms with Gasteiger partial charge < -0.3 is 14.6 Å². The van der Waals surface area contributed by atoms with E-state index < -0.39 is 17.3 Å². The standard InChI is InChI=1S/C16H19ClO4/c1-15(2)7-10(18)8-5-11-9(13(17)14(8)21-15)6-12(19)16(3,4)20-11/h5,12,19H,6-7H2,1-4H3/t12-/m1/s1. The molecule has 21 heavy (non-hydrogen) atoms. The highest BCUT2D eigenvalue weighted by molar-refractivity contribution is 6.34. The van der Waals surface area contributed by atoms with Crippen LogP contribution in [0.3, 0.4) is 0 Å². The van der Waals surface area contributed by atoms with E-state index in [0.717, 1.165) is 0 Å². The third-order valence-electron chi connectivity index (χ3n) is 4.12. The maximum atomic E-state index is 12.3. The van der Waals surface area contributed by atoms with Crippen molar-refractivity contribution < 1.29 is 19.4 Å². The van der Waals surface area contributed by atoms with Crippen molar-refractivity contribution >= 4 is 17.4 Å². The Morgan fingerprint density at radius 2 is 1.95 bits per heavy atom. The Morgan fingerprint density at radius 3 is 2.62 bits per heavy atom. The number of ketones is 1. The fourth-order valence-electron chi connectivity index (χ4n) is 2.82. The van der Waals surface area contributed by atoms with Crippen molar-refractivity contribution in [3.8, 4) is 11.5 Å². The zero-order chi connectivity index (χ0) is 15.6. The molecule has 0 radical (unpaired) electrons. The van der Waals surface area contributed by atoms with E-state index in [4.69, 9.17) is 21.1 Å². The van der Waals surface area contributed by atoms with Gasteiger partial charge in [-0.25, -0.2) is 0 Å². The SMILES string of the molecule is CC1(C)CC(=O)c2cc3c(c(Cl)c2O1)C[C@@H](O)C(C)(C)O3. The van der Waals surface area contributed by atoms with Gasteiger partial charge in [0.05, 0.1) is 23.1 Å². The third kappa shape index (κ3) is 2.30. The van der Waals surface area contributed by atoms with E-state index in [-0.39, 0.29) is 5.78 Å². The predicted octanol–water partition coefficient (Wildman–Crippen LogP) is 3.16. The van der Waals surface area contributed by atoms with Crippen molar-refractivity contribution in [2.45, 2.75) is 57.8 Å². The average Bonchev–Trinajstić information content (AvgIpc) is 2.33. The number of halogens is 1. The zero-order valence-corrected chi connectivity index (χ0v) is 13.4. The number of hydrogen-bond donors (Lipinski definition) is 1. The van der Waals surface area contributed by atoms with Crippen LogP contribution < -0.4 is 9.47 Å². The first kappa shape index (κ1) is 14.7. The summed E-state index contributed by atoms with van der Waals surface area (Å²) in [6.45, 7) is 7.35. The fourth-order valence-corrected chi connectivity index (χ4v) is 3.13. The van der Waals surface area contributed by atoms with Crippen LogP contribution in [0.15, 0.2) is 6.07 Å². The number of aliphatic hydroxyl groups excluding tert-OH is 1. The number of rotatable bonds is 0. The van der Waals surface area contributed by atoms with Gasteiger partial charge >= 0.3 is 0 Å². The lowest BCUT2D eigenvalue weighted by Crippen LogP contribution is -2.46. The molecule has 0 bridgehead atoms. The van der Waals surface area contributed by atoms with Crippen LogP contribution in [0.1, 0.15) is 50.0 Å². The lowest BCUT2D eigenvalue weighted by Gasteiger charge is -2.39. The summed E-state index contributed by atoms with van der Waals surface area (Å²) in [4.78, 5) is 12.3. The first-order valence-electron chi connectivity index (χ1n) is 7.05. The minimum atomic E-state index is -0.706. The Labute approximate surface area is 129 Å². The van der Waals surface area contributed by atoms with Gasteiger partial charge in [-0.2, -0.15) is 0 Å². The highest BCUT2D eigenvalue weighted by Crippen LogP contribution is 2.47. The zero-order valence-electron chi connectivity index (χ0n) is 12.6. The van der Waals surface area contributed by atoms with Gasteiger partial charge in [0.15, 0.2) is 5.78 Å². The van der Waals surface area contributed by atoms with Gasteiger partial charge in [0, 0.05) is 12.0 Å². The molecule has 5 heteroatoms. The van der Waals surface area contributed by atoms with Crippen LogP contribution >= 0.6 is 11.6 Å². The summed E-state index contributed by atoms with van der Waals surface area (Å²) in [5.41, 5.74) is -0.115. The first-order valence-corrected chi connectivity index (χ1v) is 7.43. The molecule has 114 valence electrons. The number of aliphatic hydroxyl groups is 1. The molecule has 1 atom stereocenters. The summed E-state index contributed by atoms with van der Waals surface area (Å²) in [7, 11) is 0. The number of Topliss-reactive ketones (excluding diaryl/α,β-unsaturated/α-hetero) is 1. The second kappa shape index (κ2) is 4.37. The quantitative estimate of drug-likeness (QED) is 0.799. The Kier molecular flexibility index (Phi) is 3.05. The average molecular weight is 311 g/mol. The third-order valence-corrected chi connectivity index (χ3v) is 4.52. The number of carbonyl (C=O) groups excluding carboxylic acids is 1. The molecule has 4 nitrogen and oxygen atoms in total. The van der Waals surface area contributed by atoms with Gasteiger partial charge in [0.25, 0.3) is 0 Å². The van der Waals surface area contributed by atoms with E-state index in [0.29, 0.717) is 40.5 Å². The van der Waals surface area contributed by atoms with Gasteiger partial charge in [-0.3, -0.25) is 4.79 Å². The highest BCUT2D eigenvalue weighted by Gasteiger charge is 2.41. The number of ether oxygens (including phenoxy) is 2. The molecule has 0 fully saturated rings. The molecule has 0 aliphatic carbocycles. The molecule has 0 saturated heterocycles. The van der Waals surface area contributed by atoms with Gasteiger partial charge in [0.2, 0.25) is 0 Å². The van der Waals surface area contributed by atoms with Crippen LogP contribution in [0.2, 0.25) is 5.02 Å². The van der Waals surface area contributed by atoms with E-state index in [9.17, 15) is 9.90 Å². The largest absolute Gasteiger partial charge is 0.485 e. The number of fused-ring (bicyclic) bond motifs is 2. The van der Waals surface area contributed by atoms with Crippen molar-refractivity contribution in [2.75, 3.05) is 0 Å². The Hall–Kier alpha value is -1.26. The molecule has 2 heterocycles. The number of benzene rings is 1. The van der Waals surface area contributed by atoms with Crippen LogP contribution in [0.25, 0.3) is 0 Å². The minimum Gasteiger partial charge on any atom is -0.485 e. The maximum Gasteiger partial charge on any atom is 0.170 e. The predicted molar refractivity (Wildman–Crippen MR) is 79.5 cm³/mol. The monoisotopic (exact) mass is 310 g/mol. The molecule has 0 amide bonds. The van der Waals surface area contributed by atoms with E-state index in [1.807, 2.05) is 27.7 Å². The molecule has 2 aliphatic rings. The maximum absolute atomic E-state index is 12.3. The molecular formula is C16H19ClO4. The Morgan fingerprint density at radius 1 is 1.29 bits per heavy atom. The van der Waals surface area contributed by atoms with Crippen LogP contribution in [-0.4, -0.2) is 28.2 Å². The molecule has 1 aromatic carbocycles. The molecular weight excluding hydrogens is 292 g/mol. The summed E-state index contributed by atoms with van der Waals surface area (Å²) in [6.07, 6.45) is 0.0287. The first-order chi connectivity index (χ1) is 9.61. The van der Waals surface area contributed by atoms with Gasteiger partial charge in [-0.1, -0.05) is 11.6 Å². The molecule has 0 unspecified atom stereocenters. The van der Waals surface area contributed by atoms with Crippen LogP contribution in [-0.2, 0) is 6.42 Å². The van der Waals surface area contributed by atoms with Crippen LogP contribution in [0.4, 0.5) is 0 Å². The molecule has 1 aromatic rings. The number of carbonyl (C=O) groups is 1. The van der Waals surface area contributed by atoms with Gasteiger partial charge in [-0.05, 0) is 33.8 Å². The molecule has 1 N–H and O–H groups in total. The topological polar surface area (TPSA) is 55.8 Å². The van der Waals surface area contributed by atoms with E-state index >= 15 is 0 Å². The minimum absolute atomic E-state index is 0.00141. The Bertz CT molecular complexity index is 634. The van der Waals surface area contributed by atoms with E-state index in [1.54, 1.807) is 6.07 Å². The van der Waals surface area contributed by atoms with Crippen molar-refractivity contribution in [3.05, 3.63) is 22.2 Å². The summed E-state index contributed by atoms with van der Waals surface area (Å²) in [6, 6.07) is 1.70. The summed E-state index contributed by atoms with van der Waals surface area (Å²) < 4.78 is 11.7. The van der Waals surface area contributed by atoms with Crippen LogP contribution in [0.5, 0.6) is 11.5 Å². The normalized spacial score (nSPS) is 25.4. The molecule has 2 aliphatic heterocycles. The van der Waals surface area contributed by atoms with Crippen molar-refractivity contribution in [3.63, 3.8) is 0 Å². The second-order valence-electron chi connectivity index (χ2n) is 6.93.